The Morgan fingerprint density at radius 1 is 1.21 bits per heavy atom. The van der Waals surface area contributed by atoms with Crippen molar-refractivity contribution < 1.29 is 0 Å². The van der Waals surface area contributed by atoms with Gasteiger partial charge in [-0.2, -0.15) is 0 Å². The summed E-state index contributed by atoms with van der Waals surface area (Å²) in [5, 5.41) is 7.49. The Morgan fingerprint density at radius 2 is 1.86 bits per heavy atom. The Labute approximate surface area is 86.0 Å². The Kier molecular flexibility index (Phi) is 3.23. The molecule has 14 heavy (non-hydrogen) atoms. The highest BCUT2D eigenvalue weighted by atomic mass is 14.4. The van der Waals surface area contributed by atoms with E-state index >= 15 is 0 Å². The molecule has 1 heteroatoms. The summed E-state index contributed by atoms with van der Waals surface area (Å²) in [6, 6.07) is 6.38. The summed E-state index contributed by atoms with van der Waals surface area (Å²) in [6.07, 6.45) is 2.07. The van der Waals surface area contributed by atoms with Crippen LogP contribution in [0, 0.1) is 19.3 Å². The van der Waals surface area contributed by atoms with Crippen molar-refractivity contribution in [1.82, 2.24) is 0 Å². The first kappa shape index (κ1) is 10.7. The van der Waals surface area contributed by atoms with Crippen LogP contribution < -0.4 is 0 Å². The number of allylic oxidation sites excluding steroid dienone is 1. The van der Waals surface area contributed by atoms with Crippen LogP contribution in [0.4, 0.5) is 0 Å². The molecule has 0 aromatic heterocycles. The fourth-order valence-electron chi connectivity index (χ4n) is 1.33. The second-order valence-electron chi connectivity index (χ2n) is 3.81. The number of hydrogen-bond acceptors (Lipinski definition) is 1. The lowest BCUT2D eigenvalue weighted by Gasteiger charge is -2.03. The van der Waals surface area contributed by atoms with Gasteiger partial charge in [-0.25, -0.2) is 0 Å². The first-order chi connectivity index (χ1) is 6.50. The van der Waals surface area contributed by atoms with E-state index in [1.165, 1.54) is 16.7 Å². The van der Waals surface area contributed by atoms with Crippen molar-refractivity contribution in [2.45, 2.75) is 27.7 Å². The number of nitrogens with one attached hydrogen (secondary N) is 1. The van der Waals surface area contributed by atoms with Crippen LogP contribution >= 0.6 is 0 Å². The maximum Gasteiger partial charge on any atom is 0.0312 e. The average molecular weight is 187 g/mol. The molecule has 0 unspecified atom stereocenters. The molecule has 0 fully saturated rings. The van der Waals surface area contributed by atoms with E-state index in [0.29, 0.717) is 5.71 Å². The molecule has 1 aromatic carbocycles. The third-order valence-electron chi connectivity index (χ3n) is 2.39. The van der Waals surface area contributed by atoms with Gasteiger partial charge in [-0.05, 0) is 50.5 Å². The summed E-state index contributed by atoms with van der Waals surface area (Å²) < 4.78 is 0. The molecule has 0 atom stereocenters. The summed E-state index contributed by atoms with van der Waals surface area (Å²) >= 11 is 0. The van der Waals surface area contributed by atoms with Gasteiger partial charge in [-0.3, -0.25) is 0 Å². The monoisotopic (exact) mass is 187 g/mol. The molecule has 0 bridgehead atoms. The zero-order valence-electron chi connectivity index (χ0n) is 9.31. The van der Waals surface area contributed by atoms with Gasteiger partial charge in [-0.15, -0.1) is 0 Å². The van der Waals surface area contributed by atoms with E-state index in [4.69, 9.17) is 5.41 Å². The minimum absolute atomic E-state index is 0.630. The second-order valence-corrected chi connectivity index (χ2v) is 3.81. The fraction of sp³-hybridized carbons (Fsp3) is 0.308. The van der Waals surface area contributed by atoms with E-state index in [2.05, 4.69) is 38.1 Å². The van der Waals surface area contributed by atoms with Crippen LogP contribution in [0.15, 0.2) is 23.8 Å². The summed E-state index contributed by atoms with van der Waals surface area (Å²) in [5.41, 5.74) is 5.41. The first-order valence-corrected chi connectivity index (χ1v) is 4.82. The van der Waals surface area contributed by atoms with Gasteiger partial charge >= 0.3 is 0 Å². The molecule has 1 rings (SSSR count). The third kappa shape index (κ3) is 2.56. The van der Waals surface area contributed by atoms with Gasteiger partial charge in [-0.1, -0.05) is 23.8 Å². The van der Waals surface area contributed by atoms with Crippen LogP contribution in [0.3, 0.4) is 0 Å². The van der Waals surface area contributed by atoms with Crippen molar-refractivity contribution >= 4 is 11.8 Å². The zero-order valence-corrected chi connectivity index (χ0v) is 9.31. The molecule has 1 nitrogen and oxygen atoms in total. The van der Waals surface area contributed by atoms with Crippen molar-refractivity contribution in [2.75, 3.05) is 0 Å². The molecule has 1 N–H and O–H groups in total. The summed E-state index contributed by atoms with van der Waals surface area (Å²) in [4.78, 5) is 0. The van der Waals surface area contributed by atoms with Crippen molar-refractivity contribution in [1.29, 1.82) is 5.41 Å². The van der Waals surface area contributed by atoms with Crippen LogP contribution in [0.25, 0.3) is 6.08 Å². The molecule has 0 spiro atoms. The van der Waals surface area contributed by atoms with E-state index < -0.39 is 0 Å². The number of hydrogen-bond donors (Lipinski definition) is 1. The fourth-order valence-corrected chi connectivity index (χ4v) is 1.33. The Balaban J connectivity index is 3.09. The lowest BCUT2D eigenvalue weighted by atomic mass is 10.0. The highest BCUT2D eigenvalue weighted by molar-refractivity contribution is 5.99. The lowest BCUT2D eigenvalue weighted by Crippen LogP contribution is -1.91. The largest absolute Gasteiger partial charge is 0.305 e. The van der Waals surface area contributed by atoms with Gasteiger partial charge in [0.05, 0.1) is 0 Å². The molecule has 74 valence electrons. The van der Waals surface area contributed by atoms with Crippen LogP contribution in [0.1, 0.15) is 30.5 Å². The molecule has 0 aliphatic carbocycles. The van der Waals surface area contributed by atoms with Gasteiger partial charge < -0.3 is 5.41 Å². The van der Waals surface area contributed by atoms with Crippen LogP contribution in [0.2, 0.25) is 0 Å². The lowest BCUT2D eigenvalue weighted by molar-refractivity contribution is 1.36. The van der Waals surface area contributed by atoms with E-state index in [1.807, 2.05) is 13.8 Å². The molecular formula is C13H17N. The predicted molar refractivity (Wildman–Crippen MR) is 63.0 cm³/mol. The molecule has 1 aromatic rings. The summed E-state index contributed by atoms with van der Waals surface area (Å²) in [5.74, 6) is 0. The number of aryl methyl sites for hydroxylation is 2. The van der Waals surface area contributed by atoms with Crippen molar-refractivity contribution in [3.63, 3.8) is 0 Å². The second kappa shape index (κ2) is 4.23. The van der Waals surface area contributed by atoms with Gasteiger partial charge in [0.2, 0.25) is 0 Å². The molecule has 0 saturated heterocycles. The Hall–Kier alpha value is -1.37. The quantitative estimate of drug-likeness (QED) is 0.682. The maximum absolute atomic E-state index is 7.49. The van der Waals surface area contributed by atoms with Crippen molar-refractivity contribution in [2.24, 2.45) is 0 Å². The van der Waals surface area contributed by atoms with Gasteiger partial charge in [0.25, 0.3) is 0 Å². The highest BCUT2D eigenvalue weighted by Crippen LogP contribution is 2.14. The summed E-state index contributed by atoms with van der Waals surface area (Å²) in [7, 11) is 0. The molecule has 0 radical (unpaired) electrons. The molecule has 0 aliphatic rings. The summed E-state index contributed by atoms with van der Waals surface area (Å²) in [6.45, 7) is 7.98. The van der Waals surface area contributed by atoms with Crippen LogP contribution in [0.5, 0.6) is 0 Å². The standard InChI is InChI=1S/C13H17N/c1-9-5-6-13(11(3)7-9)8-10(2)12(4)14/h5-8,14H,1-4H3/b10-8-,14-12?. The van der Waals surface area contributed by atoms with Crippen LogP contribution in [-0.2, 0) is 0 Å². The van der Waals surface area contributed by atoms with Crippen molar-refractivity contribution in [3.8, 4) is 0 Å². The van der Waals surface area contributed by atoms with Crippen LogP contribution in [-0.4, -0.2) is 5.71 Å². The Morgan fingerprint density at radius 3 is 2.36 bits per heavy atom. The van der Waals surface area contributed by atoms with E-state index in [1.54, 1.807) is 0 Å². The van der Waals surface area contributed by atoms with E-state index in [0.717, 1.165) is 5.57 Å². The minimum Gasteiger partial charge on any atom is -0.305 e. The number of benzene rings is 1. The average Bonchev–Trinajstić information content (AvgIpc) is 2.09. The predicted octanol–water partition coefficient (Wildman–Crippen LogP) is 3.75. The SMILES string of the molecule is CC(=N)/C(C)=C\c1ccc(C)cc1C. The maximum atomic E-state index is 7.49. The van der Waals surface area contributed by atoms with E-state index in [9.17, 15) is 0 Å². The van der Waals surface area contributed by atoms with Crippen molar-refractivity contribution in [3.05, 3.63) is 40.5 Å². The topological polar surface area (TPSA) is 23.9 Å². The molecular weight excluding hydrogens is 170 g/mol. The minimum atomic E-state index is 0.630. The molecule has 0 heterocycles. The first-order valence-electron chi connectivity index (χ1n) is 4.82. The highest BCUT2D eigenvalue weighted by Gasteiger charge is 1.97. The third-order valence-corrected chi connectivity index (χ3v) is 2.39. The smallest absolute Gasteiger partial charge is 0.0312 e. The Bertz CT molecular complexity index is 386. The molecule has 0 aliphatic heterocycles. The molecule has 0 saturated carbocycles. The number of rotatable bonds is 2. The van der Waals surface area contributed by atoms with Gasteiger partial charge in [0.15, 0.2) is 0 Å². The van der Waals surface area contributed by atoms with E-state index in [-0.39, 0.29) is 0 Å². The zero-order chi connectivity index (χ0) is 10.7. The van der Waals surface area contributed by atoms with Gasteiger partial charge in [0.1, 0.15) is 0 Å². The van der Waals surface area contributed by atoms with Gasteiger partial charge in [0, 0.05) is 5.71 Å². The molecule has 0 amide bonds. The normalized spacial score (nSPS) is 11.6.